The van der Waals surface area contributed by atoms with Gasteiger partial charge in [0.25, 0.3) is 0 Å². The number of hydrazone groups is 1. The minimum absolute atomic E-state index is 0.0680. The van der Waals surface area contributed by atoms with Crippen molar-refractivity contribution in [3.63, 3.8) is 0 Å². The Hall–Kier alpha value is -1.16. The van der Waals surface area contributed by atoms with Gasteiger partial charge in [-0.2, -0.15) is 5.10 Å². The minimum Gasteiger partial charge on any atom is -0.273 e. The Morgan fingerprint density at radius 2 is 2.16 bits per heavy atom. The lowest BCUT2D eigenvalue weighted by Crippen LogP contribution is -2.26. The maximum Gasteiger partial charge on any atom is 0.243 e. The van der Waals surface area contributed by atoms with Gasteiger partial charge in [0.15, 0.2) is 0 Å². The molecule has 1 fully saturated rings. The standard InChI is InChI=1S/C15H19BrN2O/c1-2-14(12-8-5-9-13(16)10-12)17-18-15(19)11-6-3-4-7-11/h5,8-11H,2-4,6-7H2,1H3,(H,18,19). The van der Waals surface area contributed by atoms with Crippen LogP contribution in [0.1, 0.15) is 44.6 Å². The van der Waals surface area contributed by atoms with Crippen LogP contribution in [0.4, 0.5) is 0 Å². The highest BCUT2D eigenvalue weighted by Crippen LogP contribution is 2.24. The van der Waals surface area contributed by atoms with Crippen molar-refractivity contribution in [3.05, 3.63) is 34.3 Å². The van der Waals surface area contributed by atoms with Gasteiger partial charge in [0.2, 0.25) is 5.91 Å². The number of carbonyl (C=O) groups excluding carboxylic acids is 1. The van der Waals surface area contributed by atoms with Gasteiger partial charge in [-0.25, -0.2) is 5.43 Å². The first-order valence-corrected chi connectivity index (χ1v) is 7.62. The molecule has 0 aliphatic heterocycles. The SMILES string of the molecule is CCC(=NNC(=O)C1CCCC1)c1cccc(Br)c1. The summed E-state index contributed by atoms with van der Waals surface area (Å²) in [5.74, 6) is 0.225. The van der Waals surface area contributed by atoms with Crippen molar-refractivity contribution in [1.82, 2.24) is 5.43 Å². The summed E-state index contributed by atoms with van der Waals surface area (Å²) in [7, 11) is 0. The van der Waals surface area contributed by atoms with Gasteiger partial charge in [0.05, 0.1) is 5.71 Å². The molecule has 1 saturated carbocycles. The zero-order valence-corrected chi connectivity index (χ0v) is 12.7. The molecule has 0 atom stereocenters. The molecule has 102 valence electrons. The van der Waals surface area contributed by atoms with Crippen LogP contribution in [0.2, 0.25) is 0 Å². The Labute approximate surface area is 122 Å². The molecule has 0 bridgehead atoms. The highest BCUT2D eigenvalue weighted by molar-refractivity contribution is 9.10. The molecule has 1 N–H and O–H groups in total. The molecule has 1 aromatic carbocycles. The van der Waals surface area contributed by atoms with Crippen LogP contribution < -0.4 is 5.43 Å². The summed E-state index contributed by atoms with van der Waals surface area (Å²) in [6.45, 7) is 2.04. The predicted octanol–water partition coefficient (Wildman–Crippen LogP) is 3.87. The number of carbonyl (C=O) groups is 1. The molecular weight excluding hydrogens is 304 g/mol. The van der Waals surface area contributed by atoms with E-state index in [1.807, 2.05) is 31.2 Å². The molecule has 4 heteroatoms. The number of halogens is 1. The maximum atomic E-state index is 11.9. The summed E-state index contributed by atoms with van der Waals surface area (Å²) >= 11 is 3.45. The van der Waals surface area contributed by atoms with Crippen LogP contribution in [0.3, 0.4) is 0 Å². The number of rotatable bonds is 4. The summed E-state index contributed by atoms with van der Waals surface area (Å²) < 4.78 is 1.02. The first-order valence-electron chi connectivity index (χ1n) is 6.83. The fourth-order valence-corrected chi connectivity index (χ4v) is 2.82. The van der Waals surface area contributed by atoms with Gasteiger partial charge in [-0.15, -0.1) is 0 Å². The lowest BCUT2D eigenvalue weighted by atomic mass is 10.1. The number of nitrogens with zero attached hydrogens (tertiary/aromatic N) is 1. The second-order valence-corrected chi connectivity index (χ2v) is 5.80. The van der Waals surface area contributed by atoms with Crippen molar-refractivity contribution in [2.24, 2.45) is 11.0 Å². The van der Waals surface area contributed by atoms with E-state index in [0.29, 0.717) is 0 Å². The molecule has 2 rings (SSSR count). The zero-order chi connectivity index (χ0) is 13.7. The van der Waals surface area contributed by atoms with Gasteiger partial charge in [0, 0.05) is 10.4 Å². The molecule has 0 spiro atoms. The van der Waals surface area contributed by atoms with Gasteiger partial charge in [-0.1, -0.05) is 47.8 Å². The lowest BCUT2D eigenvalue weighted by Gasteiger charge is -2.09. The number of nitrogens with one attached hydrogen (secondary N) is 1. The number of amides is 1. The second kappa shape index (κ2) is 6.85. The summed E-state index contributed by atoms with van der Waals surface area (Å²) in [6, 6.07) is 7.98. The average Bonchev–Trinajstić information content (AvgIpc) is 2.93. The molecule has 19 heavy (non-hydrogen) atoms. The van der Waals surface area contributed by atoms with Crippen molar-refractivity contribution < 1.29 is 4.79 Å². The van der Waals surface area contributed by atoms with Crippen LogP contribution >= 0.6 is 15.9 Å². The molecule has 0 unspecified atom stereocenters. The van der Waals surface area contributed by atoms with Crippen molar-refractivity contribution in [2.75, 3.05) is 0 Å². The van der Waals surface area contributed by atoms with Crippen LogP contribution in [0.15, 0.2) is 33.8 Å². The van der Waals surface area contributed by atoms with Crippen LogP contribution in [0.25, 0.3) is 0 Å². The summed E-state index contributed by atoms with van der Waals surface area (Å²) in [5.41, 5.74) is 4.68. The lowest BCUT2D eigenvalue weighted by molar-refractivity contribution is -0.124. The molecule has 0 saturated heterocycles. The van der Waals surface area contributed by atoms with E-state index in [9.17, 15) is 4.79 Å². The first kappa shape index (κ1) is 14.3. The molecule has 0 aromatic heterocycles. The van der Waals surface area contributed by atoms with Crippen molar-refractivity contribution >= 4 is 27.5 Å². The number of hydrogen-bond acceptors (Lipinski definition) is 2. The molecule has 1 aromatic rings. The molecule has 1 aliphatic carbocycles. The zero-order valence-electron chi connectivity index (χ0n) is 11.2. The second-order valence-electron chi connectivity index (χ2n) is 4.88. The Kier molecular flexibility index (Phi) is 5.14. The third kappa shape index (κ3) is 3.90. The van der Waals surface area contributed by atoms with E-state index < -0.39 is 0 Å². The quantitative estimate of drug-likeness (QED) is 0.663. The van der Waals surface area contributed by atoms with Gasteiger partial charge < -0.3 is 0 Å². The van der Waals surface area contributed by atoms with Crippen molar-refractivity contribution in [2.45, 2.75) is 39.0 Å². The monoisotopic (exact) mass is 322 g/mol. The van der Waals surface area contributed by atoms with E-state index in [2.05, 4.69) is 26.5 Å². The first-order chi connectivity index (χ1) is 9.20. The normalized spacial score (nSPS) is 16.6. The van der Waals surface area contributed by atoms with E-state index in [1.165, 1.54) is 0 Å². The molecular formula is C15H19BrN2O. The number of hydrogen-bond donors (Lipinski definition) is 1. The summed E-state index contributed by atoms with van der Waals surface area (Å²) in [4.78, 5) is 11.9. The molecule has 3 nitrogen and oxygen atoms in total. The van der Waals surface area contributed by atoms with Crippen LogP contribution in [-0.4, -0.2) is 11.6 Å². The highest BCUT2D eigenvalue weighted by atomic mass is 79.9. The van der Waals surface area contributed by atoms with Gasteiger partial charge >= 0.3 is 0 Å². The van der Waals surface area contributed by atoms with Crippen LogP contribution in [0, 0.1) is 5.92 Å². The van der Waals surface area contributed by atoms with Crippen LogP contribution in [-0.2, 0) is 4.79 Å². The Morgan fingerprint density at radius 3 is 2.79 bits per heavy atom. The van der Waals surface area contributed by atoms with Crippen LogP contribution in [0.5, 0.6) is 0 Å². The predicted molar refractivity (Wildman–Crippen MR) is 81.1 cm³/mol. The van der Waals surface area contributed by atoms with E-state index in [0.717, 1.165) is 47.9 Å². The topological polar surface area (TPSA) is 41.5 Å². The van der Waals surface area contributed by atoms with Crippen molar-refractivity contribution in [3.8, 4) is 0 Å². The fourth-order valence-electron chi connectivity index (χ4n) is 2.42. The smallest absolute Gasteiger partial charge is 0.243 e. The van der Waals surface area contributed by atoms with Gasteiger partial charge in [0.1, 0.15) is 0 Å². The third-order valence-electron chi connectivity index (χ3n) is 3.52. The summed E-state index contributed by atoms with van der Waals surface area (Å²) in [5, 5.41) is 4.29. The maximum absolute atomic E-state index is 11.9. The largest absolute Gasteiger partial charge is 0.273 e. The Morgan fingerprint density at radius 1 is 1.42 bits per heavy atom. The number of benzene rings is 1. The summed E-state index contributed by atoms with van der Waals surface area (Å²) in [6.07, 6.45) is 5.11. The molecule has 1 aliphatic rings. The molecule has 1 amide bonds. The van der Waals surface area contributed by atoms with E-state index >= 15 is 0 Å². The minimum atomic E-state index is 0.0680. The van der Waals surface area contributed by atoms with E-state index in [-0.39, 0.29) is 11.8 Å². The van der Waals surface area contributed by atoms with Gasteiger partial charge in [-0.3, -0.25) is 4.79 Å². The Bertz CT molecular complexity index is 479. The van der Waals surface area contributed by atoms with E-state index in [4.69, 9.17) is 0 Å². The van der Waals surface area contributed by atoms with Crippen molar-refractivity contribution in [1.29, 1.82) is 0 Å². The Balaban J connectivity index is 2.04. The molecule has 0 radical (unpaired) electrons. The third-order valence-corrected chi connectivity index (χ3v) is 4.01. The average molecular weight is 323 g/mol. The fraction of sp³-hybridized carbons (Fsp3) is 0.467. The highest BCUT2D eigenvalue weighted by Gasteiger charge is 2.22. The van der Waals surface area contributed by atoms with E-state index in [1.54, 1.807) is 0 Å². The van der Waals surface area contributed by atoms with Gasteiger partial charge in [-0.05, 0) is 37.0 Å². The molecule has 0 heterocycles.